The van der Waals surface area contributed by atoms with E-state index in [1.54, 1.807) is 6.20 Å². The minimum atomic E-state index is -0.155. The molecule has 0 saturated heterocycles. The molecule has 1 aromatic carbocycles. The molecule has 0 atom stereocenters. The molecule has 1 N–H and O–H groups in total. The number of benzene rings is 1. The Labute approximate surface area is 125 Å². The molecule has 2 aromatic rings. The Balaban J connectivity index is 1.82. The summed E-state index contributed by atoms with van der Waals surface area (Å²) >= 11 is 3.35. The number of ether oxygens (including phenoxy) is 1. The molecular weight excluding hydrogens is 320 g/mol. The summed E-state index contributed by atoms with van der Waals surface area (Å²) in [6.07, 6.45) is 1.67. The molecule has 4 nitrogen and oxygen atoms in total. The van der Waals surface area contributed by atoms with Gasteiger partial charge in [0.2, 0.25) is 0 Å². The molecule has 0 bridgehead atoms. The highest BCUT2D eigenvalue weighted by molar-refractivity contribution is 9.10. The van der Waals surface area contributed by atoms with Gasteiger partial charge >= 0.3 is 0 Å². The predicted molar refractivity (Wildman–Crippen MR) is 79.6 cm³/mol. The van der Waals surface area contributed by atoms with Gasteiger partial charge in [0.05, 0.1) is 13.2 Å². The van der Waals surface area contributed by atoms with Crippen LogP contribution in [0.2, 0.25) is 0 Å². The van der Waals surface area contributed by atoms with Gasteiger partial charge in [0.15, 0.2) is 0 Å². The molecule has 0 radical (unpaired) electrons. The van der Waals surface area contributed by atoms with Crippen LogP contribution in [-0.2, 0) is 18.0 Å². The summed E-state index contributed by atoms with van der Waals surface area (Å²) in [7, 11) is 0. The van der Waals surface area contributed by atoms with Crippen LogP contribution >= 0.6 is 15.9 Å². The molecule has 3 rings (SSSR count). The van der Waals surface area contributed by atoms with E-state index >= 15 is 0 Å². The topological polar surface area (TPSA) is 51.2 Å². The minimum Gasteiger partial charge on any atom is -0.372 e. The molecule has 1 aliphatic heterocycles. The highest BCUT2D eigenvalue weighted by Crippen LogP contribution is 2.22. The molecular formula is C15H13BrN2O2. The van der Waals surface area contributed by atoms with E-state index in [1.165, 1.54) is 0 Å². The van der Waals surface area contributed by atoms with Crippen LogP contribution in [0.15, 0.2) is 34.9 Å². The van der Waals surface area contributed by atoms with Crippen molar-refractivity contribution in [2.24, 2.45) is 0 Å². The van der Waals surface area contributed by atoms with Gasteiger partial charge in [-0.2, -0.15) is 0 Å². The van der Waals surface area contributed by atoms with Crippen LogP contribution in [-0.4, -0.2) is 10.9 Å². The molecule has 20 heavy (non-hydrogen) atoms. The van der Waals surface area contributed by atoms with E-state index in [4.69, 9.17) is 4.74 Å². The van der Waals surface area contributed by atoms with Crippen LogP contribution in [0.5, 0.6) is 0 Å². The number of carbonyl (C=O) groups is 1. The highest BCUT2D eigenvalue weighted by atomic mass is 79.9. The van der Waals surface area contributed by atoms with Gasteiger partial charge in [0.25, 0.3) is 5.91 Å². The lowest BCUT2D eigenvalue weighted by Crippen LogP contribution is -2.14. The Kier molecular flexibility index (Phi) is 3.54. The first-order valence-corrected chi connectivity index (χ1v) is 7.06. The third kappa shape index (κ3) is 2.59. The molecule has 5 heteroatoms. The van der Waals surface area contributed by atoms with Crippen molar-refractivity contribution in [3.63, 3.8) is 0 Å². The second-order valence-corrected chi connectivity index (χ2v) is 5.67. The number of carbonyl (C=O) groups excluding carboxylic acids is 1. The fourth-order valence-electron chi connectivity index (χ4n) is 2.16. The molecule has 1 aromatic heterocycles. The van der Waals surface area contributed by atoms with E-state index in [0.717, 1.165) is 21.2 Å². The number of hydrogen-bond acceptors (Lipinski definition) is 3. The number of rotatable bonds is 2. The number of pyridine rings is 1. The van der Waals surface area contributed by atoms with Crippen molar-refractivity contribution >= 4 is 27.7 Å². The number of aromatic nitrogens is 1. The number of hydrogen-bond donors (Lipinski definition) is 1. The first kappa shape index (κ1) is 13.3. The molecule has 102 valence electrons. The SMILES string of the molecule is Cc1cc(Br)cnc1NC(=O)c1ccc2c(c1)COC2. The zero-order valence-corrected chi connectivity index (χ0v) is 12.5. The Bertz CT molecular complexity index is 686. The third-order valence-electron chi connectivity index (χ3n) is 3.26. The van der Waals surface area contributed by atoms with Gasteiger partial charge in [-0.3, -0.25) is 4.79 Å². The van der Waals surface area contributed by atoms with Gasteiger partial charge in [0, 0.05) is 16.2 Å². The maximum Gasteiger partial charge on any atom is 0.256 e. The fourth-order valence-corrected chi connectivity index (χ4v) is 2.61. The maximum absolute atomic E-state index is 12.2. The van der Waals surface area contributed by atoms with Crippen molar-refractivity contribution in [2.75, 3.05) is 5.32 Å². The van der Waals surface area contributed by atoms with Crippen molar-refractivity contribution in [2.45, 2.75) is 20.1 Å². The fraction of sp³-hybridized carbons (Fsp3) is 0.200. The summed E-state index contributed by atoms with van der Waals surface area (Å²) in [4.78, 5) is 16.5. The Morgan fingerprint density at radius 1 is 1.30 bits per heavy atom. The van der Waals surface area contributed by atoms with Crippen LogP contribution in [0.25, 0.3) is 0 Å². The molecule has 0 fully saturated rings. The quantitative estimate of drug-likeness (QED) is 0.916. The van der Waals surface area contributed by atoms with E-state index in [9.17, 15) is 4.79 Å². The lowest BCUT2D eigenvalue weighted by atomic mass is 10.1. The number of nitrogens with zero attached hydrogens (tertiary/aromatic N) is 1. The Morgan fingerprint density at radius 3 is 2.90 bits per heavy atom. The molecule has 1 aliphatic rings. The van der Waals surface area contributed by atoms with Crippen molar-refractivity contribution in [3.8, 4) is 0 Å². The van der Waals surface area contributed by atoms with Gasteiger partial charge in [-0.1, -0.05) is 6.07 Å². The van der Waals surface area contributed by atoms with Crippen molar-refractivity contribution in [3.05, 3.63) is 57.2 Å². The molecule has 1 amide bonds. The molecule has 0 saturated carbocycles. The smallest absolute Gasteiger partial charge is 0.256 e. The third-order valence-corrected chi connectivity index (χ3v) is 3.69. The van der Waals surface area contributed by atoms with Crippen LogP contribution < -0.4 is 5.32 Å². The van der Waals surface area contributed by atoms with E-state index in [0.29, 0.717) is 24.6 Å². The molecule has 0 spiro atoms. The zero-order chi connectivity index (χ0) is 14.1. The Morgan fingerprint density at radius 2 is 2.10 bits per heavy atom. The Hall–Kier alpha value is -1.72. The minimum absolute atomic E-state index is 0.155. The van der Waals surface area contributed by atoms with Gasteiger partial charge in [-0.05, 0) is 57.7 Å². The lowest BCUT2D eigenvalue weighted by Gasteiger charge is -2.08. The average Bonchev–Trinajstić information content (AvgIpc) is 2.89. The number of fused-ring (bicyclic) bond motifs is 1. The van der Waals surface area contributed by atoms with Crippen molar-refractivity contribution in [1.82, 2.24) is 4.98 Å². The normalized spacial score (nSPS) is 13.1. The summed E-state index contributed by atoms with van der Waals surface area (Å²) in [6.45, 7) is 3.11. The molecule has 0 aliphatic carbocycles. The summed E-state index contributed by atoms with van der Waals surface area (Å²) in [5.74, 6) is 0.424. The highest BCUT2D eigenvalue weighted by Gasteiger charge is 2.15. The van der Waals surface area contributed by atoms with Crippen LogP contribution in [0.1, 0.15) is 27.0 Å². The number of halogens is 1. The van der Waals surface area contributed by atoms with Crippen LogP contribution in [0.4, 0.5) is 5.82 Å². The monoisotopic (exact) mass is 332 g/mol. The van der Waals surface area contributed by atoms with Crippen LogP contribution in [0, 0.1) is 6.92 Å². The number of anilines is 1. The van der Waals surface area contributed by atoms with E-state index in [-0.39, 0.29) is 5.91 Å². The van der Waals surface area contributed by atoms with Gasteiger partial charge in [-0.15, -0.1) is 0 Å². The predicted octanol–water partition coefficient (Wildman–Crippen LogP) is 3.44. The summed E-state index contributed by atoms with van der Waals surface area (Å²) in [6, 6.07) is 7.56. The number of aryl methyl sites for hydroxylation is 1. The van der Waals surface area contributed by atoms with E-state index in [2.05, 4.69) is 26.2 Å². The zero-order valence-electron chi connectivity index (χ0n) is 10.9. The summed E-state index contributed by atoms with van der Waals surface area (Å²) < 4.78 is 6.24. The number of amides is 1. The van der Waals surface area contributed by atoms with Gasteiger partial charge in [0.1, 0.15) is 5.82 Å². The van der Waals surface area contributed by atoms with Crippen LogP contribution in [0.3, 0.4) is 0 Å². The number of nitrogens with one attached hydrogen (secondary N) is 1. The van der Waals surface area contributed by atoms with Crippen molar-refractivity contribution in [1.29, 1.82) is 0 Å². The van der Waals surface area contributed by atoms with E-state index in [1.807, 2.05) is 31.2 Å². The second kappa shape index (κ2) is 5.34. The van der Waals surface area contributed by atoms with Crippen molar-refractivity contribution < 1.29 is 9.53 Å². The first-order valence-electron chi connectivity index (χ1n) is 6.26. The summed E-state index contributed by atoms with van der Waals surface area (Å²) in [5, 5.41) is 2.83. The maximum atomic E-state index is 12.2. The largest absolute Gasteiger partial charge is 0.372 e. The average molecular weight is 333 g/mol. The summed E-state index contributed by atoms with van der Waals surface area (Å²) in [5.41, 5.74) is 3.77. The second-order valence-electron chi connectivity index (χ2n) is 4.75. The van der Waals surface area contributed by atoms with Gasteiger partial charge in [-0.25, -0.2) is 4.98 Å². The van der Waals surface area contributed by atoms with Gasteiger partial charge < -0.3 is 10.1 Å². The lowest BCUT2D eigenvalue weighted by molar-refractivity contribution is 0.102. The standard InChI is InChI=1S/C15H13BrN2O2/c1-9-4-13(16)6-17-14(9)18-15(19)10-2-3-11-7-20-8-12(11)5-10/h2-6H,7-8H2,1H3,(H,17,18,19). The van der Waals surface area contributed by atoms with E-state index < -0.39 is 0 Å². The molecule has 2 heterocycles. The molecule has 0 unspecified atom stereocenters. The first-order chi connectivity index (χ1) is 9.63.